The van der Waals surface area contributed by atoms with E-state index in [9.17, 15) is 0 Å². The largest absolute Gasteiger partial charge is 0.462 e. The van der Waals surface area contributed by atoms with Crippen LogP contribution in [0.3, 0.4) is 0 Å². The van der Waals surface area contributed by atoms with Crippen LogP contribution in [0.15, 0.2) is 29.1 Å². The van der Waals surface area contributed by atoms with Crippen LogP contribution in [0.1, 0.15) is 11.5 Å². The predicted molar refractivity (Wildman–Crippen MR) is 63.6 cm³/mol. The number of anilines is 1. The molecule has 7 heteroatoms. The van der Waals surface area contributed by atoms with Gasteiger partial charge in [0.1, 0.15) is 30.3 Å². The highest BCUT2D eigenvalue weighted by atomic mass is 16.4. The Kier molecular flexibility index (Phi) is 2.66. The normalized spacial score (nSPS) is 10.9. The van der Waals surface area contributed by atoms with E-state index in [4.69, 9.17) is 9.52 Å². The van der Waals surface area contributed by atoms with Crippen LogP contribution in [-0.4, -0.2) is 25.3 Å². The average molecular weight is 245 g/mol. The quantitative estimate of drug-likeness (QED) is 0.635. The fraction of sp³-hybridized carbons (Fsp3) is 0.182. The highest BCUT2D eigenvalue weighted by Crippen LogP contribution is 2.17. The predicted octanol–water partition coefficient (Wildman–Crippen LogP) is 1.05. The van der Waals surface area contributed by atoms with Crippen LogP contribution in [0.5, 0.6) is 0 Å². The molecule has 0 aromatic carbocycles. The molecule has 0 bridgehead atoms. The van der Waals surface area contributed by atoms with Gasteiger partial charge in [-0.15, -0.1) is 0 Å². The molecule has 3 N–H and O–H groups in total. The maximum atomic E-state index is 8.90. The third-order valence-corrected chi connectivity index (χ3v) is 2.55. The van der Waals surface area contributed by atoms with Crippen molar-refractivity contribution in [2.24, 2.45) is 0 Å². The lowest BCUT2D eigenvalue weighted by Gasteiger charge is -2.03. The molecular weight excluding hydrogens is 234 g/mol. The van der Waals surface area contributed by atoms with Crippen molar-refractivity contribution in [3.63, 3.8) is 0 Å². The summed E-state index contributed by atoms with van der Waals surface area (Å²) in [5, 5.41) is 19.6. The molecule has 0 amide bonds. The first-order valence-electron chi connectivity index (χ1n) is 5.43. The van der Waals surface area contributed by atoms with E-state index in [0.29, 0.717) is 23.8 Å². The molecule has 3 heterocycles. The van der Waals surface area contributed by atoms with Gasteiger partial charge in [0.25, 0.3) is 0 Å². The second kappa shape index (κ2) is 4.46. The SMILES string of the molecule is OCc1ccc(CNc2ncnc3[nH]ncc23)o1. The second-order valence-electron chi connectivity index (χ2n) is 3.73. The summed E-state index contributed by atoms with van der Waals surface area (Å²) in [7, 11) is 0. The van der Waals surface area contributed by atoms with E-state index in [1.807, 2.05) is 6.07 Å². The number of aliphatic hydroxyl groups is 1. The van der Waals surface area contributed by atoms with Gasteiger partial charge in [-0.2, -0.15) is 5.10 Å². The van der Waals surface area contributed by atoms with Crippen molar-refractivity contribution < 1.29 is 9.52 Å². The van der Waals surface area contributed by atoms with Gasteiger partial charge in [-0.05, 0) is 12.1 Å². The third-order valence-electron chi connectivity index (χ3n) is 2.55. The summed E-state index contributed by atoms with van der Waals surface area (Å²) in [4.78, 5) is 8.20. The second-order valence-corrected chi connectivity index (χ2v) is 3.73. The Balaban J connectivity index is 1.78. The van der Waals surface area contributed by atoms with E-state index < -0.39 is 0 Å². The summed E-state index contributed by atoms with van der Waals surface area (Å²) in [5.41, 5.74) is 0.683. The molecule has 0 aliphatic carbocycles. The van der Waals surface area contributed by atoms with Crippen molar-refractivity contribution >= 4 is 16.9 Å². The summed E-state index contributed by atoms with van der Waals surface area (Å²) in [6.07, 6.45) is 3.13. The third kappa shape index (κ3) is 1.91. The molecule has 0 aliphatic rings. The van der Waals surface area contributed by atoms with Crippen molar-refractivity contribution in [1.82, 2.24) is 20.2 Å². The van der Waals surface area contributed by atoms with Gasteiger partial charge in [-0.25, -0.2) is 9.97 Å². The van der Waals surface area contributed by atoms with Crippen molar-refractivity contribution in [3.8, 4) is 0 Å². The Hall–Kier alpha value is -2.41. The van der Waals surface area contributed by atoms with Crippen molar-refractivity contribution in [1.29, 1.82) is 0 Å². The fourth-order valence-electron chi connectivity index (χ4n) is 1.68. The van der Waals surface area contributed by atoms with Crippen molar-refractivity contribution in [3.05, 3.63) is 36.2 Å². The van der Waals surface area contributed by atoms with Gasteiger partial charge >= 0.3 is 0 Å². The van der Waals surface area contributed by atoms with Gasteiger partial charge in [-0.1, -0.05) is 0 Å². The molecule has 0 saturated heterocycles. The standard InChI is InChI=1S/C11H11N5O2/c17-5-8-2-1-7(18-8)3-12-10-9-4-15-16-11(9)14-6-13-10/h1-2,4,6,17H,3,5H2,(H2,12,13,14,15,16). The first-order chi connectivity index (χ1) is 8.86. The highest BCUT2D eigenvalue weighted by Gasteiger charge is 2.06. The topological polar surface area (TPSA) is 99.9 Å². The molecule has 3 rings (SSSR count). The molecule has 0 fully saturated rings. The Morgan fingerprint density at radius 3 is 3.00 bits per heavy atom. The van der Waals surface area contributed by atoms with Crippen LogP contribution in [0.2, 0.25) is 0 Å². The lowest BCUT2D eigenvalue weighted by molar-refractivity contribution is 0.244. The molecule has 92 valence electrons. The molecule has 0 atom stereocenters. The summed E-state index contributed by atoms with van der Waals surface area (Å²) >= 11 is 0. The summed E-state index contributed by atoms with van der Waals surface area (Å²) in [6.45, 7) is 0.386. The zero-order chi connectivity index (χ0) is 12.4. The molecule has 0 spiro atoms. The van der Waals surface area contributed by atoms with Crippen LogP contribution >= 0.6 is 0 Å². The molecule has 0 aliphatic heterocycles. The molecule has 3 aromatic rings. The molecule has 0 unspecified atom stereocenters. The minimum atomic E-state index is -0.0977. The fourth-order valence-corrected chi connectivity index (χ4v) is 1.68. The minimum absolute atomic E-state index is 0.0977. The lowest BCUT2D eigenvalue weighted by atomic mass is 10.3. The van der Waals surface area contributed by atoms with Gasteiger partial charge in [0.15, 0.2) is 5.65 Å². The molecule has 3 aromatic heterocycles. The number of aromatic nitrogens is 4. The van der Waals surface area contributed by atoms with E-state index in [1.54, 1.807) is 12.3 Å². The number of rotatable bonds is 4. The molecule has 0 saturated carbocycles. The first kappa shape index (κ1) is 10.7. The van der Waals surface area contributed by atoms with Gasteiger partial charge in [-0.3, -0.25) is 5.10 Å². The number of fused-ring (bicyclic) bond motifs is 1. The summed E-state index contributed by atoms with van der Waals surface area (Å²) < 4.78 is 5.37. The van der Waals surface area contributed by atoms with Gasteiger partial charge < -0.3 is 14.8 Å². The molecule has 0 radical (unpaired) electrons. The molecule has 18 heavy (non-hydrogen) atoms. The van der Waals surface area contributed by atoms with E-state index in [2.05, 4.69) is 25.5 Å². The zero-order valence-electron chi connectivity index (χ0n) is 9.42. The maximum Gasteiger partial charge on any atom is 0.160 e. The Morgan fingerprint density at radius 2 is 2.17 bits per heavy atom. The van der Waals surface area contributed by atoms with Gasteiger partial charge in [0.2, 0.25) is 0 Å². The van der Waals surface area contributed by atoms with Crippen molar-refractivity contribution in [2.75, 3.05) is 5.32 Å². The van der Waals surface area contributed by atoms with Crippen LogP contribution in [-0.2, 0) is 13.2 Å². The van der Waals surface area contributed by atoms with E-state index in [0.717, 1.165) is 11.1 Å². The number of H-pyrrole nitrogens is 1. The Bertz CT molecular complexity index is 660. The number of nitrogens with one attached hydrogen (secondary N) is 2. The number of hydrogen-bond donors (Lipinski definition) is 3. The maximum absolute atomic E-state index is 8.90. The van der Waals surface area contributed by atoms with Gasteiger partial charge in [0.05, 0.1) is 18.1 Å². The molecular formula is C11H11N5O2. The van der Waals surface area contributed by atoms with E-state index in [1.165, 1.54) is 6.33 Å². The minimum Gasteiger partial charge on any atom is -0.462 e. The average Bonchev–Trinajstić information content (AvgIpc) is 3.05. The van der Waals surface area contributed by atoms with Gasteiger partial charge in [0, 0.05) is 0 Å². The highest BCUT2D eigenvalue weighted by molar-refractivity contribution is 5.85. The number of hydrogen-bond acceptors (Lipinski definition) is 6. The number of furan rings is 1. The van der Waals surface area contributed by atoms with Crippen molar-refractivity contribution in [2.45, 2.75) is 13.2 Å². The number of nitrogens with zero attached hydrogens (tertiary/aromatic N) is 3. The van der Waals surface area contributed by atoms with E-state index >= 15 is 0 Å². The number of aliphatic hydroxyl groups excluding tert-OH is 1. The van der Waals surface area contributed by atoms with Crippen LogP contribution in [0, 0.1) is 0 Å². The smallest absolute Gasteiger partial charge is 0.160 e. The Labute approximate surface area is 102 Å². The Morgan fingerprint density at radius 1 is 1.28 bits per heavy atom. The summed E-state index contributed by atoms with van der Waals surface area (Å²) in [5.74, 6) is 1.97. The van der Waals surface area contributed by atoms with E-state index in [-0.39, 0.29) is 6.61 Å². The van der Waals surface area contributed by atoms with Crippen LogP contribution < -0.4 is 5.32 Å². The first-order valence-corrected chi connectivity index (χ1v) is 5.43. The number of aromatic amines is 1. The monoisotopic (exact) mass is 245 g/mol. The van der Waals surface area contributed by atoms with Crippen LogP contribution in [0.25, 0.3) is 11.0 Å². The zero-order valence-corrected chi connectivity index (χ0v) is 9.42. The lowest BCUT2D eigenvalue weighted by Crippen LogP contribution is -2.01. The molecule has 7 nitrogen and oxygen atoms in total. The summed E-state index contributed by atoms with van der Waals surface area (Å²) in [6, 6.07) is 3.55. The van der Waals surface area contributed by atoms with Crippen LogP contribution in [0.4, 0.5) is 5.82 Å².